The molecule has 3 aromatic carbocycles. The highest BCUT2D eigenvalue weighted by molar-refractivity contribution is 7.90. The van der Waals surface area contributed by atoms with E-state index in [2.05, 4.69) is 20.9 Å². The molecule has 0 radical (unpaired) electrons. The van der Waals surface area contributed by atoms with Gasteiger partial charge in [-0.15, -0.1) is 0 Å². The summed E-state index contributed by atoms with van der Waals surface area (Å²) in [4.78, 5) is 16.8. The Kier molecular flexibility index (Phi) is 6.85. The summed E-state index contributed by atoms with van der Waals surface area (Å²) in [6.45, 7) is 4.17. The van der Waals surface area contributed by atoms with Crippen LogP contribution in [0.1, 0.15) is 29.4 Å². The minimum Gasteiger partial charge on any atom is -0.337 e. The first kappa shape index (κ1) is 24.0. The minimum absolute atomic E-state index is 0.0381. The highest BCUT2D eigenvalue weighted by atomic mass is 32.2. The van der Waals surface area contributed by atoms with Crippen molar-refractivity contribution in [3.63, 3.8) is 0 Å². The fraction of sp³-hybridized carbons (Fsp3) is 0.192. The molecule has 1 heterocycles. The molecule has 0 aliphatic carbocycles. The Morgan fingerprint density at radius 1 is 1.06 bits per heavy atom. The molecule has 2 N–H and O–H groups in total. The number of amides is 2. The summed E-state index contributed by atoms with van der Waals surface area (Å²) >= 11 is 0. The first-order valence-corrected chi connectivity index (χ1v) is 12.7. The molecule has 8 nitrogen and oxygen atoms in total. The fourth-order valence-electron chi connectivity index (χ4n) is 3.79. The summed E-state index contributed by atoms with van der Waals surface area (Å²) in [7, 11) is -3.92. The Bertz CT molecular complexity index is 1520. The molecule has 0 fully saturated rings. The van der Waals surface area contributed by atoms with E-state index in [9.17, 15) is 13.2 Å². The van der Waals surface area contributed by atoms with Gasteiger partial charge in [-0.05, 0) is 61.4 Å². The van der Waals surface area contributed by atoms with Gasteiger partial charge in [0.05, 0.1) is 27.6 Å². The molecule has 4 rings (SSSR count). The van der Waals surface area contributed by atoms with E-state index < -0.39 is 16.1 Å². The highest BCUT2D eigenvalue weighted by Crippen LogP contribution is 2.23. The van der Waals surface area contributed by atoms with Gasteiger partial charge in [-0.3, -0.25) is 4.57 Å². The van der Waals surface area contributed by atoms with Crippen molar-refractivity contribution in [1.29, 1.82) is 5.26 Å². The van der Waals surface area contributed by atoms with Crippen LogP contribution >= 0.6 is 0 Å². The molecular weight excluding hydrogens is 462 g/mol. The average molecular weight is 488 g/mol. The number of carbonyl (C=O) groups is 1. The number of rotatable bonds is 7. The van der Waals surface area contributed by atoms with Crippen molar-refractivity contribution in [2.24, 2.45) is 0 Å². The zero-order valence-electron chi connectivity index (χ0n) is 19.4. The molecule has 178 valence electrons. The highest BCUT2D eigenvalue weighted by Gasteiger charge is 2.17. The zero-order chi connectivity index (χ0) is 25.0. The molecule has 9 heteroatoms. The van der Waals surface area contributed by atoms with Gasteiger partial charge in [-0.25, -0.2) is 22.9 Å². The first-order chi connectivity index (χ1) is 16.8. The Labute approximate surface area is 204 Å². The van der Waals surface area contributed by atoms with Crippen LogP contribution in [0.2, 0.25) is 0 Å². The predicted molar refractivity (Wildman–Crippen MR) is 134 cm³/mol. The maximum Gasteiger partial charge on any atom is 0.328 e. The summed E-state index contributed by atoms with van der Waals surface area (Å²) < 4.78 is 28.8. The van der Waals surface area contributed by atoms with Crippen LogP contribution in [0.15, 0.2) is 71.6 Å². The molecule has 0 spiro atoms. The van der Waals surface area contributed by atoms with E-state index >= 15 is 0 Å². The van der Waals surface area contributed by atoms with E-state index in [0.29, 0.717) is 12.0 Å². The molecule has 0 saturated heterocycles. The minimum atomic E-state index is -3.92. The molecule has 0 unspecified atom stereocenters. The molecule has 0 aliphatic rings. The lowest BCUT2D eigenvalue weighted by Gasteiger charge is -2.11. The number of nitriles is 1. The number of carbonyl (C=O) groups excluding carboxylic acids is 1. The number of fused-ring (bicyclic) bond motifs is 1. The standard InChI is InChI=1S/C26H25N5O3S/c1-3-25-29-23-16-20(17-27)8-13-24(23)31(25)21-9-6-19(7-10-21)14-15-28-26(32)30-35(33,34)22-11-4-18(2)5-12-22/h4-13,16H,3,14-15H2,1-2H3,(H2,28,30,32). The molecule has 0 saturated carbocycles. The van der Waals surface area contributed by atoms with Crippen molar-refractivity contribution in [2.75, 3.05) is 6.54 Å². The lowest BCUT2D eigenvalue weighted by Crippen LogP contribution is -2.40. The third-order valence-corrected chi connectivity index (χ3v) is 6.97. The third kappa shape index (κ3) is 5.34. The molecule has 0 bridgehead atoms. The van der Waals surface area contributed by atoms with E-state index in [1.165, 1.54) is 12.1 Å². The molecule has 4 aromatic rings. The number of sulfonamides is 1. The lowest BCUT2D eigenvalue weighted by molar-refractivity contribution is 0.246. The van der Waals surface area contributed by atoms with Crippen LogP contribution in [0.5, 0.6) is 0 Å². The summed E-state index contributed by atoms with van der Waals surface area (Å²) in [6.07, 6.45) is 1.28. The topological polar surface area (TPSA) is 117 Å². The fourth-order valence-corrected chi connectivity index (χ4v) is 4.72. The van der Waals surface area contributed by atoms with Crippen molar-refractivity contribution in [1.82, 2.24) is 19.6 Å². The molecule has 0 atom stereocenters. The van der Waals surface area contributed by atoms with Gasteiger partial charge in [-0.2, -0.15) is 5.26 Å². The molecule has 1 aromatic heterocycles. The number of urea groups is 1. The monoisotopic (exact) mass is 487 g/mol. The van der Waals surface area contributed by atoms with Crippen LogP contribution in [0, 0.1) is 18.3 Å². The second kappa shape index (κ2) is 9.99. The number of aromatic nitrogens is 2. The van der Waals surface area contributed by atoms with Crippen LogP contribution in [-0.4, -0.2) is 30.5 Å². The maximum absolute atomic E-state index is 12.3. The summed E-state index contributed by atoms with van der Waals surface area (Å²) in [5.41, 5.74) is 5.16. The molecular formula is C26H25N5O3S. The third-order valence-electron chi connectivity index (χ3n) is 5.62. The lowest BCUT2D eigenvalue weighted by atomic mass is 10.1. The van der Waals surface area contributed by atoms with E-state index in [4.69, 9.17) is 5.26 Å². The van der Waals surface area contributed by atoms with Crippen LogP contribution < -0.4 is 10.0 Å². The Morgan fingerprint density at radius 3 is 2.43 bits per heavy atom. The van der Waals surface area contributed by atoms with Crippen LogP contribution in [0.25, 0.3) is 16.7 Å². The van der Waals surface area contributed by atoms with Gasteiger partial charge >= 0.3 is 6.03 Å². The van der Waals surface area contributed by atoms with Crippen LogP contribution in [-0.2, 0) is 22.9 Å². The number of aryl methyl sites for hydroxylation is 2. The largest absolute Gasteiger partial charge is 0.337 e. The summed E-state index contributed by atoms with van der Waals surface area (Å²) in [6, 6.07) is 21.0. The number of hydrogen-bond acceptors (Lipinski definition) is 5. The second-order valence-corrected chi connectivity index (χ2v) is 9.81. The molecule has 2 amide bonds. The summed E-state index contributed by atoms with van der Waals surface area (Å²) in [5.74, 6) is 0.899. The second-order valence-electron chi connectivity index (χ2n) is 8.12. The number of imidazole rings is 1. The van der Waals surface area contributed by atoms with Gasteiger partial charge in [0.2, 0.25) is 0 Å². The predicted octanol–water partition coefficient (Wildman–Crippen LogP) is 4.00. The van der Waals surface area contributed by atoms with Crippen molar-refractivity contribution >= 4 is 27.1 Å². The van der Waals surface area contributed by atoms with Crippen molar-refractivity contribution in [3.8, 4) is 11.8 Å². The zero-order valence-corrected chi connectivity index (χ0v) is 20.3. The number of hydrogen-bond donors (Lipinski definition) is 2. The SMILES string of the molecule is CCc1nc2cc(C#N)ccc2n1-c1ccc(CCNC(=O)NS(=O)(=O)c2ccc(C)cc2)cc1. The number of benzene rings is 3. The maximum atomic E-state index is 12.3. The Hall–Kier alpha value is -4.16. The number of nitrogens with zero attached hydrogens (tertiary/aromatic N) is 3. The molecule has 35 heavy (non-hydrogen) atoms. The van der Waals surface area contributed by atoms with E-state index in [0.717, 1.165) is 40.1 Å². The molecule has 0 aliphatic heterocycles. The van der Waals surface area contributed by atoms with Gasteiger partial charge in [0.25, 0.3) is 10.0 Å². The number of nitrogens with one attached hydrogen (secondary N) is 2. The van der Waals surface area contributed by atoms with Gasteiger partial charge in [0.15, 0.2) is 0 Å². The first-order valence-electron chi connectivity index (χ1n) is 11.2. The smallest absolute Gasteiger partial charge is 0.328 e. The Morgan fingerprint density at radius 2 is 1.77 bits per heavy atom. The Balaban J connectivity index is 1.39. The van der Waals surface area contributed by atoms with Crippen molar-refractivity contribution < 1.29 is 13.2 Å². The van der Waals surface area contributed by atoms with Gasteiger partial charge in [0, 0.05) is 18.7 Å². The van der Waals surface area contributed by atoms with E-state index in [1.54, 1.807) is 24.3 Å². The van der Waals surface area contributed by atoms with Crippen molar-refractivity contribution in [3.05, 3.63) is 89.2 Å². The summed E-state index contributed by atoms with van der Waals surface area (Å²) in [5, 5.41) is 11.7. The normalized spacial score (nSPS) is 11.2. The van der Waals surface area contributed by atoms with Crippen LogP contribution in [0.3, 0.4) is 0 Å². The van der Waals surface area contributed by atoms with Gasteiger partial charge in [0.1, 0.15) is 5.82 Å². The van der Waals surface area contributed by atoms with E-state index in [1.807, 2.05) is 48.9 Å². The average Bonchev–Trinajstić information content (AvgIpc) is 3.22. The van der Waals surface area contributed by atoms with Crippen molar-refractivity contribution in [2.45, 2.75) is 31.6 Å². The van der Waals surface area contributed by atoms with Gasteiger partial charge < -0.3 is 5.32 Å². The van der Waals surface area contributed by atoms with Crippen LogP contribution in [0.4, 0.5) is 4.79 Å². The van der Waals surface area contributed by atoms with E-state index in [-0.39, 0.29) is 11.4 Å². The quantitative estimate of drug-likeness (QED) is 0.409. The van der Waals surface area contributed by atoms with Gasteiger partial charge in [-0.1, -0.05) is 36.8 Å².